The van der Waals surface area contributed by atoms with Gasteiger partial charge in [0.05, 0.1) is 5.92 Å². The molecule has 21 heavy (non-hydrogen) atoms. The fourth-order valence-corrected chi connectivity index (χ4v) is 2.64. The SMILES string of the molecule is O=C(O)C(Cc1cccnc1)c1cccc2ccccc12. The van der Waals surface area contributed by atoms with Gasteiger partial charge in [0.2, 0.25) is 0 Å². The van der Waals surface area contributed by atoms with Gasteiger partial charge >= 0.3 is 5.97 Å². The van der Waals surface area contributed by atoms with Gasteiger partial charge in [0, 0.05) is 12.4 Å². The van der Waals surface area contributed by atoms with E-state index < -0.39 is 11.9 Å². The molecule has 3 aromatic rings. The van der Waals surface area contributed by atoms with Crippen LogP contribution in [0, 0.1) is 0 Å². The van der Waals surface area contributed by atoms with Crippen LogP contribution in [0.5, 0.6) is 0 Å². The molecule has 1 atom stereocenters. The number of hydrogen-bond donors (Lipinski definition) is 1. The Morgan fingerprint density at radius 2 is 1.86 bits per heavy atom. The highest BCUT2D eigenvalue weighted by atomic mass is 16.4. The molecule has 1 aromatic heterocycles. The van der Waals surface area contributed by atoms with Crippen molar-refractivity contribution < 1.29 is 9.90 Å². The standard InChI is InChI=1S/C18H15NO2/c20-18(21)17(11-13-5-4-10-19-12-13)16-9-3-7-14-6-1-2-8-15(14)16/h1-10,12,17H,11H2,(H,20,21). The summed E-state index contributed by atoms with van der Waals surface area (Å²) in [5.74, 6) is -1.38. The predicted octanol–water partition coefficient (Wildman–Crippen LogP) is 3.65. The normalized spacial score (nSPS) is 12.2. The molecule has 1 N–H and O–H groups in total. The molecule has 3 nitrogen and oxygen atoms in total. The average Bonchev–Trinajstić information content (AvgIpc) is 2.53. The summed E-state index contributed by atoms with van der Waals surface area (Å²) in [5.41, 5.74) is 1.78. The lowest BCUT2D eigenvalue weighted by atomic mass is 9.89. The highest BCUT2D eigenvalue weighted by Gasteiger charge is 2.22. The minimum atomic E-state index is -0.810. The van der Waals surface area contributed by atoms with Crippen molar-refractivity contribution in [1.29, 1.82) is 0 Å². The number of aliphatic carboxylic acids is 1. The van der Waals surface area contributed by atoms with E-state index >= 15 is 0 Å². The molecule has 0 aliphatic heterocycles. The summed E-state index contributed by atoms with van der Waals surface area (Å²) in [6, 6.07) is 17.4. The smallest absolute Gasteiger partial charge is 0.311 e. The minimum absolute atomic E-state index is 0.442. The molecule has 104 valence electrons. The fourth-order valence-electron chi connectivity index (χ4n) is 2.64. The average molecular weight is 277 g/mol. The number of aromatic nitrogens is 1. The summed E-state index contributed by atoms with van der Waals surface area (Å²) in [6.45, 7) is 0. The Hall–Kier alpha value is -2.68. The predicted molar refractivity (Wildman–Crippen MR) is 82.3 cm³/mol. The van der Waals surface area contributed by atoms with Crippen molar-refractivity contribution in [1.82, 2.24) is 4.98 Å². The van der Waals surface area contributed by atoms with Crippen molar-refractivity contribution >= 4 is 16.7 Å². The monoisotopic (exact) mass is 277 g/mol. The lowest BCUT2D eigenvalue weighted by Crippen LogP contribution is -2.15. The zero-order valence-electron chi connectivity index (χ0n) is 11.4. The van der Waals surface area contributed by atoms with Gasteiger partial charge in [-0.05, 0) is 34.4 Å². The number of nitrogens with zero attached hydrogens (tertiary/aromatic N) is 1. The van der Waals surface area contributed by atoms with E-state index in [2.05, 4.69) is 4.98 Å². The van der Waals surface area contributed by atoms with Crippen LogP contribution in [-0.4, -0.2) is 16.1 Å². The Bertz CT molecular complexity index is 763. The summed E-state index contributed by atoms with van der Waals surface area (Å²) in [5, 5.41) is 11.7. The maximum Gasteiger partial charge on any atom is 0.311 e. The molecule has 3 rings (SSSR count). The molecule has 1 unspecified atom stereocenters. The molecule has 0 spiro atoms. The highest BCUT2D eigenvalue weighted by molar-refractivity contribution is 5.90. The number of fused-ring (bicyclic) bond motifs is 1. The molecule has 0 fully saturated rings. The van der Waals surface area contributed by atoms with E-state index in [1.807, 2.05) is 54.6 Å². The third kappa shape index (κ3) is 2.77. The Kier molecular flexibility index (Phi) is 3.65. The maximum absolute atomic E-state index is 11.7. The van der Waals surface area contributed by atoms with Crippen LogP contribution in [-0.2, 0) is 11.2 Å². The highest BCUT2D eigenvalue weighted by Crippen LogP contribution is 2.28. The van der Waals surface area contributed by atoms with Gasteiger partial charge in [0.25, 0.3) is 0 Å². The number of rotatable bonds is 4. The zero-order valence-corrected chi connectivity index (χ0v) is 11.4. The van der Waals surface area contributed by atoms with E-state index in [9.17, 15) is 9.90 Å². The number of benzene rings is 2. The number of carboxylic acids is 1. The summed E-state index contributed by atoms with van der Waals surface area (Å²) in [7, 11) is 0. The van der Waals surface area contributed by atoms with Crippen LogP contribution in [0.2, 0.25) is 0 Å². The Morgan fingerprint density at radius 1 is 1.05 bits per heavy atom. The van der Waals surface area contributed by atoms with Crippen LogP contribution in [0.4, 0.5) is 0 Å². The second-order valence-corrected chi connectivity index (χ2v) is 5.02. The molecule has 1 heterocycles. The molecule has 0 bridgehead atoms. The number of hydrogen-bond acceptors (Lipinski definition) is 2. The van der Waals surface area contributed by atoms with Gasteiger partial charge < -0.3 is 5.11 Å². The lowest BCUT2D eigenvalue weighted by molar-refractivity contribution is -0.138. The molecule has 2 aromatic carbocycles. The van der Waals surface area contributed by atoms with Crippen molar-refractivity contribution in [3.8, 4) is 0 Å². The summed E-state index contributed by atoms with van der Waals surface area (Å²) in [6.07, 6.45) is 3.86. The van der Waals surface area contributed by atoms with E-state index in [0.717, 1.165) is 21.9 Å². The van der Waals surface area contributed by atoms with E-state index in [-0.39, 0.29) is 0 Å². The van der Waals surface area contributed by atoms with Crippen LogP contribution in [0.25, 0.3) is 10.8 Å². The molecule has 3 heteroatoms. The van der Waals surface area contributed by atoms with Gasteiger partial charge in [0.1, 0.15) is 0 Å². The zero-order chi connectivity index (χ0) is 14.7. The molecular formula is C18H15NO2. The van der Waals surface area contributed by atoms with Gasteiger partial charge in [0.15, 0.2) is 0 Å². The molecule has 0 aliphatic rings. The summed E-state index contributed by atoms with van der Waals surface area (Å²) in [4.78, 5) is 15.8. The maximum atomic E-state index is 11.7. The fraction of sp³-hybridized carbons (Fsp3) is 0.111. The molecule has 0 amide bonds. The first-order valence-electron chi connectivity index (χ1n) is 6.85. The van der Waals surface area contributed by atoms with Crippen molar-refractivity contribution in [3.05, 3.63) is 78.1 Å². The Labute approximate surface area is 122 Å². The molecule has 0 saturated carbocycles. The number of pyridine rings is 1. The third-order valence-corrected chi connectivity index (χ3v) is 3.66. The van der Waals surface area contributed by atoms with Gasteiger partial charge in [-0.3, -0.25) is 9.78 Å². The van der Waals surface area contributed by atoms with Gasteiger partial charge in [-0.2, -0.15) is 0 Å². The number of carboxylic acid groups (broad SMARTS) is 1. The largest absolute Gasteiger partial charge is 0.481 e. The van der Waals surface area contributed by atoms with E-state index in [0.29, 0.717) is 6.42 Å². The molecular weight excluding hydrogens is 262 g/mol. The molecule has 0 saturated heterocycles. The van der Waals surface area contributed by atoms with Crippen LogP contribution in [0.3, 0.4) is 0 Å². The lowest BCUT2D eigenvalue weighted by Gasteiger charge is -2.15. The summed E-state index contributed by atoms with van der Waals surface area (Å²) < 4.78 is 0. The van der Waals surface area contributed by atoms with Gasteiger partial charge in [-0.25, -0.2) is 0 Å². The third-order valence-electron chi connectivity index (χ3n) is 3.66. The van der Waals surface area contributed by atoms with Crippen molar-refractivity contribution in [2.24, 2.45) is 0 Å². The topological polar surface area (TPSA) is 50.2 Å². The van der Waals surface area contributed by atoms with Crippen molar-refractivity contribution in [3.63, 3.8) is 0 Å². The Balaban J connectivity index is 2.06. The van der Waals surface area contributed by atoms with Crippen LogP contribution < -0.4 is 0 Å². The van der Waals surface area contributed by atoms with E-state index in [4.69, 9.17) is 0 Å². The summed E-state index contributed by atoms with van der Waals surface area (Å²) >= 11 is 0. The van der Waals surface area contributed by atoms with Crippen LogP contribution in [0.15, 0.2) is 67.0 Å². The molecule has 0 aliphatic carbocycles. The van der Waals surface area contributed by atoms with Gasteiger partial charge in [-0.1, -0.05) is 48.5 Å². The minimum Gasteiger partial charge on any atom is -0.481 e. The van der Waals surface area contributed by atoms with E-state index in [1.54, 1.807) is 12.4 Å². The Morgan fingerprint density at radius 3 is 2.62 bits per heavy atom. The first-order valence-corrected chi connectivity index (χ1v) is 6.85. The second kappa shape index (κ2) is 5.75. The second-order valence-electron chi connectivity index (χ2n) is 5.02. The quantitative estimate of drug-likeness (QED) is 0.792. The van der Waals surface area contributed by atoms with Gasteiger partial charge in [-0.15, -0.1) is 0 Å². The first kappa shape index (κ1) is 13.3. The van der Waals surface area contributed by atoms with Crippen LogP contribution >= 0.6 is 0 Å². The molecule has 0 radical (unpaired) electrons. The number of carbonyl (C=O) groups is 1. The first-order chi connectivity index (χ1) is 10.3. The van der Waals surface area contributed by atoms with Crippen molar-refractivity contribution in [2.45, 2.75) is 12.3 Å². The van der Waals surface area contributed by atoms with Crippen molar-refractivity contribution in [2.75, 3.05) is 0 Å². The van der Waals surface area contributed by atoms with Crippen LogP contribution in [0.1, 0.15) is 17.0 Å². The van der Waals surface area contributed by atoms with E-state index in [1.165, 1.54) is 0 Å².